The minimum atomic E-state index is -0.345. The number of likely N-dealkylation sites (N-methyl/N-ethyl adjacent to an activating group) is 2. The number of carbonyl (C=O) groups is 2. The van der Waals surface area contributed by atoms with E-state index in [0.717, 1.165) is 102 Å². The predicted molar refractivity (Wildman–Crippen MR) is 239 cm³/mol. The van der Waals surface area contributed by atoms with E-state index in [-0.39, 0.29) is 36.0 Å². The van der Waals surface area contributed by atoms with Crippen LogP contribution in [-0.4, -0.2) is 97.6 Å². The molecule has 1 aliphatic carbocycles. The Hall–Kier alpha value is -6.30. The van der Waals surface area contributed by atoms with Gasteiger partial charge in [0.1, 0.15) is 23.7 Å². The molecule has 0 saturated carbocycles. The number of nitrogens with one attached hydrogen (secondary N) is 3. The molecule has 61 heavy (non-hydrogen) atoms. The Labute approximate surface area is 356 Å². The Balaban J connectivity index is 0.870. The third-order valence-corrected chi connectivity index (χ3v) is 13.2. The summed E-state index contributed by atoms with van der Waals surface area (Å²) in [6.07, 6.45) is 9.37. The van der Waals surface area contributed by atoms with Gasteiger partial charge in [-0.1, -0.05) is 78.9 Å². The van der Waals surface area contributed by atoms with Crippen molar-refractivity contribution in [2.24, 2.45) is 0 Å². The zero-order valence-electron chi connectivity index (χ0n) is 35.4. The topological polar surface area (TPSA) is 120 Å². The summed E-state index contributed by atoms with van der Waals surface area (Å²) in [5, 5.41) is 1.23. The number of fused-ring (bicyclic) bond motifs is 5. The Morgan fingerprint density at radius 3 is 1.70 bits per heavy atom. The van der Waals surface area contributed by atoms with Gasteiger partial charge in [0.15, 0.2) is 0 Å². The number of H-pyrrole nitrogens is 3. The van der Waals surface area contributed by atoms with E-state index in [0.29, 0.717) is 0 Å². The first-order valence-electron chi connectivity index (χ1n) is 21.7. The fourth-order valence-corrected chi connectivity index (χ4v) is 10.2. The molecule has 3 aromatic heterocycles. The number of hydrogen-bond donors (Lipinski definition) is 3. The Kier molecular flexibility index (Phi) is 10.2. The van der Waals surface area contributed by atoms with E-state index < -0.39 is 0 Å². The van der Waals surface area contributed by atoms with E-state index in [1.165, 1.54) is 27.8 Å². The van der Waals surface area contributed by atoms with Gasteiger partial charge >= 0.3 is 0 Å². The maximum atomic E-state index is 14.1. The first-order valence-corrected chi connectivity index (χ1v) is 21.7. The number of aromatic amines is 3. The molecule has 2 saturated heterocycles. The smallest absolute Gasteiger partial charge is 0.245 e. The first-order chi connectivity index (χ1) is 29.7. The Morgan fingerprint density at radius 1 is 0.639 bits per heavy atom. The molecule has 11 heteroatoms. The fraction of sp³-hybridized carbons (Fsp3) is 0.320. The van der Waals surface area contributed by atoms with Crippen LogP contribution in [-0.2, 0) is 22.4 Å². The molecule has 3 N–H and O–H groups in total. The van der Waals surface area contributed by atoms with Gasteiger partial charge in [0, 0.05) is 40.8 Å². The minimum absolute atomic E-state index is 0.0837. The molecular formula is C50H53N9O2. The molecule has 0 radical (unpaired) electrons. The van der Waals surface area contributed by atoms with Crippen molar-refractivity contribution in [3.05, 3.63) is 143 Å². The first kappa shape index (κ1) is 38.9. The second-order valence-electron chi connectivity index (χ2n) is 17.4. The lowest BCUT2D eigenvalue weighted by molar-refractivity contribution is -0.138. The molecule has 11 nitrogen and oxygen atoms in total. The summed E-state index contributed by atoms with van der Waals surface area (Å²) in [5.41, 5.74) is 12.3. The lowest BCUT2D eigenvalue weighted by Gasteiger charge is -2.31. The molecule has 4 atom stereocenters. The summed E-state index contributed by atoms with van der Waals surface area (Å²) < 4.78 is 0. The fourth-order valence-electron chi connectivity index (χ4n) is 10.2. The number of hydrogen-bond acceptors (Lipinski definition) is 6. The maximum Gasteiger partial charge on any atom is 0.245 e. The van der Waals surface area contributed by atoms with Crippen LogP contribution in [0.15, 0.2) is 109 Å². The number of nitrogens with zero attached hydrogens (tertiary/aromatic N) is 6. The molecule has 2 amide bonds. The summed E-state index contributed by atoms with van der Waals surface area (Å²) in [6, 6.07) is 32.5. The largest absolute Gasteiger partial charge is 0.354 e. The van der Waals surface area contributed by atoms with Gasteiger partial charge in [0.2, 0.25) is 11.8 Å². The van der Waals surface area contributed by atoms with Crippen LogP contribution in [0.2, 0.25) is 0 Å². The van der Waals surface area contributed by atoms with E-state index in [1.807, 2.05) is 121 Å². The zero-order chi connectivity index (χ0) is 41.8. The van der Waals surface area contributed by atoms with Gasteiger partial charge in [-0.05, 0) is 113 Å². The average Bonchev–Trinajstić information content (AvgIpc) is 4.13. The van der Waals surface area contributed by atoms with Crippen LogP contribution in [0.4, 0.5) is 0 Å². The predicted octanol–water partition coefficient (Wildman–Crippen LogP) is 8.65. The van der Waals surface area contributed by atoms with Crippen molar-refractivity contribution in [2.45, 2.75) is 62.7 Å². The van der Waals surface area contributed by atoms with Gasteiger partial charge in [0.05, 0.1) is 35.9 Å². The molecular weight excluding hydrogens is 759 g/mol. The average molecular weight is 812 g/mol. The van der Waals surface area contributed by atoms with E-state index in [4.69, 9.17) is 9.97 Å². The SMILES string of the molecule is CN(C)[C@@H](C(=O)N1CCC[C@H]1c1ncc(-c2ccc3c(c2)CCc2c-3[nH]c3ccc(-c4cnc([C@@H]5CCCN5C(=O)[C@@H](c5ccccc5)N(C)C)[nH]4)cc23)[nH]1)c1ccccc1. The van der Waals surface area contributed by atoms with Crippen LogP contribution in [0.1, 0.15) is 83.8 Å². The molecule has 4 aromatic carbocycles. The molecule has 0 bridgehead atoms. The van der Waals surface area contributed by atoms with Crippen LogP contribution in [0.5, 0.6) is 0 Å². The van der Waals surface area contributed by atoms with Crippen molar-refractivity contribution in [2.75, 3.05) is 41.3 Å². The monoisotopic (exact) mass is 811 g/mol. The lowest BCUT2D eigenvalue weighted by atomic mass is 9.87. The number of amides is 2. The lowest BCUT2D eigenvalue weighted by Crippen LogP contribution is -2.40. The number of aryl methyl sites for hydroxylation is 2. The Bertz CT molecular complexity index is 2710. The van der Waals surface area contributed by atoms with E-state index in [1.54, 1.807) is 0 Å². The van der Waals surface area contributed by atoms with E-state index in [9.17, 15) is 9.59 Å². The normalized spacial score (nSPS) is 18.5. The van der Waals surface area contributed by atoms with Crippen molar-refractivity contribution in [1.82, 2.24) is 44.5 Å². The number of rotatable bonds is 10. The zero-order valence-corrected chi connectivity index (χ0v) is 35.4. The third kappa shape index (κ3) is 7.05. The number of aromatic nitrogens is 5. The standard InChI is InChI=1S/C50H53N9O2/c1-56(2)45(31-13-7-5-8-14-31)49(60)58-25-11-17-42(58)47-51-29-40(54-47)34-20-22-36-33(27-34)19-23-37-38-28-35(21-24-39(38)53-44(36)37)41-30-52-48(55-41)43-18-12-26-59(43)50(61)46(57(3)4)32-15-9-6-10-16-32/h5-10,13-16,20-22,24,27-30,42-43,45-46,53H,11-12,17-19,23,25-26H2,1-4H3,(H,51,54)(H,52,55)/t42-,43-,45+,46+/m0/s1. The second-order valence-corrected chi connectivity index (χ2v) is 17.4. The summed E-state index contributed by atoms with van der Waals surface area (Å²) in [6.45, 7) is 1.44. The van der Waals surface area contributed by atoms with Crippen molar-refractivity contribution in [1.29, 1.82) is 0 Å². The molecule has 2 fully saturated rings. The summed E-state index contributed by atoms with van der Waals surface area (Å²) in [4.78, 5) is 56.9. The number of benzene rings is 4. The van der Waals surface area contributed by atoms with Crippen molar-refractivity contribution in [3.63, 3.8) is 0 Å². The molecule has 0 unspecified atom stereocenters. The van der Waals surface area contributed by atoms with E-state index in [2.05, 4.69) is 51.4 Å². The van der Waals surface area contributed by atoms with Crippen molar-refractivity contribution >= 4 is 22.7 Å². The second kappa shape index (κ2) is 15.9. The van der Waals surface area contributed by atoms with Gasteiger partial charge in [-0.3, -0.25) is 19.4 Å². The van der Waals surface area contributed by atoms with Crippen LogP contribution < -0.4 is 0 Å². The molecule has 310 valence electrons. The van der Waals surface area contributed by atoms with Crippen LogP contribution in [0.25, 0.3) is 44.7 Å². The minimum Gasteiger partial charge on any atom is -0.354 e. The quantitative estimate of drug-likeness (QED) is 0.127. The summed E-state index contributed by atoms with van der Waals surface area (Å²) >= 11 is 0. The van der Waals surface area contributed by atoms with E-state index >= 15 is 0 Å². The Morgan fingerprint density at radius 2 is 1.16 bits per heavy atom. The molecule has 2 aliphatic heterocycles. The number of imidazole rings is 2. The summed E-state index contributed by atoms with van der Waals surface area (Å²) in [7, 11) is 7.88. The van der Waals surface area contributed by atoms with Crippen LogP contribution >= 0.6 is 0 Å². The highest BCUT2D eigenvalue weighted by Crippen LogP contribution is 2.42. The highest BCUT2D eigenvalue weighted by Gasteiger charge is 2.38. The van der Waals surface area contributed by atoms with Crippen molar-refractivity contribution < 1.29 is 9.59 Å². The van der Waals surface area contributed by atoms with Gasteiger partial charge in [-0.2, -0.15) is 0 Å². The maximum absolute atomic E-state index is 14.1. The van der Waals surface area contributed by atoms with Crippen LogP contribution in [0, 0.1) is 0 Å². The number of likely N-dealkylation sites (tertiary alicyclic amines) is 2. The third-order valence-electron chi connectivity index (χ3n) is 13.2. The number of carbonyl (C=O) groups excluding carboxylic acids is 2. The van der Waals surface area contributed by atoms with Crippen LogP contribution in [0.3, 0.4) is 0 Å². The molecule has 5 heterocycles. The molecule has 10 rings (SSSR count). The van der Waals surface area contributed by atoms with Gasteiger partial charge in [-0.15, -0.1) is 0 Å². The molecule has 3 aliphatic rings. The van der Waals surface area contributed by atoms with Gasteiger partial charge < -0.3 is 24.8 Å². The highest BCUT2D eigenvalue weighted by molar-refractivity contribution is 5.95. The van der Waals surface area contributed by atoms with Crippen molar-refractivity contribution in [3.8, 4) is 33.8 Å². The molecule has 0 spiro atoms. The van der Waals surface area contributed by atoms with Gasteiger partial charge in [-0.25, -0.2) is 9.97 Å². The molecule has 7 aromatic rings. The highest BCUT2D eigenvalue weighted by atomic mass is 16.2. The van der Waals surface area contributed by atoms with Gasteiger partial charge in [0.25, 0.3) is 0 Å². The summed E-state index contributed by atoms with van der Waals surface area (Å²) in [5.74, 6) is 1.91.